The molecule has 6 heteroatoms. The maximum absolute atomic E-state index is 13.0. The maximum Gasteiger partial charge on any atom is 0.410 e. The summed E-state index contributed by atoms with van der Waals surface area (Å²) < 4.78 is 12.3. The summed E-state index contributed by atoms with van der Waals surface area (Å²) in [4.78, 5) is 27.7. The molecule has 1 fully saturated rings. The Bertz CT molecular complexity index is 1530. The highest BCUT2D eigenvalue weighted by atomic mass is 16.6. The lowest BCUT2D eigenvalue weighted by atomic mass is 9.82. The van der Waals surface area contributed by atoms with Gasteiger partial charge in [0.25, 0.3) is 0 Å². The summed E-state index contributed by atoms with van der Waals surface area (Å²) in [5.41, 5.74) is 9.89. The van der Waals surface area contributed by atoms with E-state index in [0.29, 0.717) is 38.1 Å². The lowest BCUT2D eigenvalue weighted by Gasteiger charge is -2.39. The number of hydrogen-bond acceptors (Lipinski definition) is 4. The standard InChI is InChI=1S/C35H38N2O4/c1-35(2,3)41-34(39)37-19-18-29(31(22-37)40-23-25-16-17-26-12-7-8-13-27(26)21-25)30-15-9-14-28(32(30)33(36)38)20-24-10-5-4-6-11-24/h4-17,21,29,31H,18-20,22-23H2,1-3H3,(H2,36,38). The SMILES string of the molecule is CC(C)(C)OC(=O)N1CCC(c2cccc(Cc3ccccc3)c2C(N)=O)C(OCc2ccc3ccccc3c2)C1. The van der Waals surface area contributed by atoms with E-state index in [9.17, 15) is 9.59 Å². The smallest absolute Gasteiger partial charge is 0.410 e. The number of ether oxygens (including phenoxy) is 2. The van der Waals surface area contributed by atoms with Gasteiger partial charge in [-0.1, -0.05) is 84.9 Å². The summed E-state index contributed by atoms with van der Waals surface area (Å²) in [6.45, 7) is 6.82. The molecule has 6 nitrogen and oxygen atoms in total. The Labute approximate surface area is 242 Å². The third-order valence-electron chi connectivity index (χ3n) is 7.56. The molecule has 0 spiro atoms. The number of rotatable bonds is 7. The van der Waals surface area contributed by atoms with Crippen LogP contribution in [0.1, 0.15) is 65.7 Å². The van der Waals surface area contributed by atoms with Crippen LogP contribution >= 0.6 is 0 Å². The first-order chi connectivity index (χ1) is 19.7. The highest BCUT2D eigenvalue weighted by Gasteiger charge is 2.37. The van der Waals surface area contributed by atoms with Crippen molar-refractivity contribution in [2.24, 2.45) is 5.73 Å². The molecule has 2 unspecified atom stereocenters. The van der Waals surface area contributed by atoms with Gasteiger partial charge in [0.2, 0.25) is 5.91 Å². The van der Waals surface area contributed by atoms with Crippen LogP contribution in [0.15, 0.2) is 91.0 Å². The van der Waals surface area contributed by atoms with Crippen LogP contribution < -0.4 is 5.73 Å². The van der Waals surface area contributed by atoms with Crippen LogP contribution in [0.4, 0.5) is 4.79 Å². The Kier molecular flexibility index (Phi) is 8.41. The number of benzene rings is 4. The number of fused-ring (bicyclic) bond motifs is 1. The van der Waals surface area contributed by atoms with Gasteiger partial charge in [0.05, 0.1) is 19.3 Å². The first kappa shape index (κ1) is 28.4. The fraction of sp³-hybridized carbons (Fsp3) is 0.314. The molecule has 4 aromatic rings. The summed E-state index contributed by atoms with van der Waals surface area (Å²) in [5.74, 6) is -0.568. The van der Waals surface area contributed by atoms with E-state index < -0.39 is 11.5 Å². The number of primary amides is 1. The van der Waals surface area contributed by atoms with Crippen molar-refractivity contribution in [3.63, 3.8) is 0 Å². The molecular formula is C35H38N2O4. The second-order valence-corrected chi connectivity index (χ2v) is 11.8. The van der Waals surface area contributed by atoms with Crippen molar-refractivity contribution >= 4 is 22.8 Å². The summed E-state index contributed by atoms with van der Waals surface area (Å²) in [7, 11) is 0. The maximum atomic E-state index is 13.0. The van der Waals surface area contributed by atoms with Crippen LogP contribution in [0.3, 0.4) is 0 Å². The third kappa shape index (κ3) is 6.95. The molecule has 1 saturated heterocycles. The van der Waals surface area contributed by atoms with Crippen molar-refractivity contribution < 1.29 is 19.1 Å². The van der Waals surface area contributed by atoms with Crippen molar-refractivity contribution in [1.82, 2.24) is 4.90 Å². The number of nitrogens with two attached hydrogens (primary N) is 1. The van der Waals surface area contributed by atoms with Crippen molar-refractivity contribution in [1.29, 1.82) is 0 Å². The van der Waals surface area contributed by atoms with E-state index in [0.717, 1.165) is 27.6 Å². The van der Waals surface area contributed by atoms with Gasteiger partial charge >= 0.3 is 6.09 Å². The Morgan fingerprint density at radius 3 is 2.34 bits per heavy atom. The largest absolute Gasteiger partial charge is 0.444 e. The minimum atomic E-state index is -0.597. The van der Waals surface area contributed by atoms with E-state index in [2.05, 4.69) is 30.3 Å². The summed E-state index contributed by atoms with van der Waals surface area (Å²) in [6.07, 6.45) is 0.513. The predicted molar refractivity (Wildman–Crippen MR) is 162 cm³/mol. The molecule has 1 aliphatic heterocycles. The van der Waals surface area contributed by atoms with Gasteiger partial charge in [0, 0.05) is 18.0 Å². The minimum absolute atomic E-state index is 0.118. The van der Waals surface area contributed by atoms with E-state index in [1.807, 2.05) is 81.4 Å². The monoisotopic (exact) mass is 550 g/mol. The fourth-order valence-electron chi connectivity index (χ4n) is 5.66. The molecule has 212 valence electrons. The van der Waals surface area contributed by atoms with Crippen LogP contribution in [0.25, 0.3) is 10.8 Å². The minimum Gasteiger partial charge on any atom is -0.444 e. The van der Waals surface area contributed by atoms with E-state index in [1.54, 1.807) is 4.90 Å². The van der Waals surface area contributed by atoms with E-state index >= 15 is 0 Å². The van der Waals surface area contributed by atoms with Crippen molar-refractivity contribution in [3.05, 3.63) is 119 Å². The number of carbonyl (C=O) groups excluding carboxylic acids is 2. The highest BCUT2D eigenvalue weighted by molar-refractivity contribution is 5.96. The fourth-order valence-corrected chi connectivity index (χ4v) is 5.66. The summed E-state index contributed by atoms with van der Waals surface area (Å²) in [5, 5.41) is 2.32. The zero-order valence-corrected chi connectivity index (χ0v) is 24.0. The molecule has 0 radical (unpaired) electrons. The molecule has 5 rings (SSSR count). The van der Waals surface area contributed by atoms with Gasteiger partial charge < -0.3 is 20.1 Å². The Balaban J connectivity index is 1.45. The Hall–Kier alpha value is -4.16. The van der Waals surface area contributed by atoms with Crippen LogP contribution in [-0.2, 0) is 22.5 Å². The number of carbonyl (C=O) groups is 2. The molecule has 2 amide bonds. The number of nitrogens with zero attached hydrogens (tertiary/aromatic N) is 1. The lowest BCUT2D eigenvalue weighted by molar-refractivity contribution is -0.0360. The normalized spacial score (nSPS) is 17.4. The van der Waals surface area contributed by atoms with Gasteiger partial charge in [-0.25, -0.2) is 4.79 Å². The second kappa shape index (κ2) is 12.1. The lowest BCUT2D eigenvalue weighted by Crippen LogP contribution is -2.48. The van der Waals surface area contributed by atoms with Crippen molar-refractivity contribution in [2.45, 2.75) is 57.8 Å². The second-order valence-electron chi connectivity index (χ2n) is 11.8. The predicted octanol–water partition coefficient (Wildman–Crippen LogP) is 6.84. The van der Waals surface area contributed by atoms with Gasteiger partial charge in [0.1, 0.15) is 5.60 Å². The van der Waals surface area contributed by atoms with Crippen LogP contribution in [-0.4, -0.2) is 41.7 Å². The number of likely N-dealkylation sites (tertiary alicyclic amines) is 1. The van der Waals surface area contributed by atoms with Crippen molar-refractivity contribution in [3.8, 4) is 0 Å². The van der Waals surface area contributed by atoms with Gasteiger partial charge in [0.15, 0.2) is 0 Å². The molecule has 0 saturated carbocycles. The molecular weight excluding hydrogens is 512 g/mol. The van der Waals surface area contributed by atoms with E-state index in [1.165, 1.54) is 5.39 Å². The Morgan fingerprint density at radius 2 is 1.61 bits per heavy atom. The molecule has 41 heavy (non-hydrogen) atoms. The van der Waals surface area contributed by atoms with E-state index in [4.69, 9.17) is 15.2 Å². The Morgan fingerprint density at radius 1 is 0.878 bits per heavy atom. The van der Waals surface area contributed by atoms with Crippen LogP contribution in [0, 0.1) is 0 Å². The summed E-state index contributed by atoms with van der Waals surface area (Å²) >= 11 is 0. The molecule has 4 aromatic carbocycles. The van der Waals surface area contributed by atoms with Gasteiger partial charge in [-0.05, 0) is 72.7 Å². The third-order valence-corrected chi connectivity index (χ3v) is 7.56. The first-order valence-electron chi connectivity index (χ1n) is 14.2. The van der Waals surface area contributed by atoms with Gasteiger partial charge in [-0.15, -0.1) is 0 Å². The average Bonchev–Trinajstić information content (AvgIpc) is 2.95. The number of amides is 2. The highest BCUT2D eigenvalue weighted by Crippen LogP contribution is 2.35. The molecule has 1 heterocycles. The topological polar surface area (TPSA) is 81.9 Å². The number of hydrogen-bond donors (Lipinski definition) is 1. The zero-order valence-electron chi connectivity index (χ0n) is 24.0. The van der Waals surface area contributed by atoms with Crippen molar-refractivity contribution in [2.75, 3.05) is 13.1 Å². The summed E-state index contributed by atoms with van der Waals surface area (Å²) in [6, 6.07) is 30.5. The van der Waals surface area contributed by atoms with Crippen LogP contribution in [0.5, 0.6) is 0 Å². The van der Waals surface area contributed by atoms with E-state index in [-0.39, 0.29) is 18.1 Å². The molecule has 1 aliphatic rings. The zero-order chi connectivity index (χ0) is 29.0. The molecule has 0 aromatic heterocycles. The average molecular weight is 551 g/mol. The number of piperidine rings is 1. The molecule has 2 N–H and O–H groups in total. The van der Waals surface area contributed by atoms with Crippen LogP contribution in [0.2, 0.25) is 0 Å². The first-order valence-corrected chi connectivity index (χ1v) is 14.2. The molecule has 0 bridgehead atoms. The van der Waals surface area contributed by atoms with Gasteiger partial charge in [-0.2, -0.15) is 0 Å². The molecule has 2 atom stereocenters. The molecule has 0 aliphatic carbocycles. The quantitative estimate of drug-likeness (QED) is 0.273. The van der Waals surface area contributed by atoms with Gasteiger partial charge in [-0.3, -0.25) is 4.79 Å².